The molecule has 0 radical (unpaired) electrons. The van der Waals surface area contributed by atoms with Gasteiger partial charge in [-0.15, -0.1) is 0 Å². The summed E-state index contributed by atoms with van der Waals surface area (Å²) >= 11 is 0. The Hall–Kier alpha value is -2.05. The van der Waals surface area contributed by atoms with Crippen molar-refractivity contribution in [1.29, 1.82) is 0 Å². The van der Waals surface area contributed by atoms with Gasteiger partial charge in [0, 0.05) is 5.69 Å². The van der Waals surface area contributed by atoms with Crippen molar-refractivity contribution in [3.8, 4) is 0 Å². The van der Waals surface area contributed by atoms with Crippen LogP contribution >= 0.6 is 0 Å². The molecule has 96 valence electrons. The van der Waals surface area contributed by atoms with Crippen molar-refractivity contribution < 1.29 is 13.2 Å². The van der Waals surface area contributed by atoms with Gasteiger partial charge in [0.05, 0.1) is 11.6 Å². The molecule has 0 fully saturated rings. The number of rotatable bonds is 3. The third-order valence-electron chi connectivity index (χ3n) is 2.45. The van der Waals surface area contributed by atoms with E-state index in [2.05, 4.69) is 20.5 Å². The van der Waals surface area contributed by atoms with Gasteiger partial charge in [-0.25, -0.2) is 4.98 Å². The molecule has 2 rings (SSSR count). The maximum Gasteiger partial charge on any atom is 0.418 e. The third-order valence-corrected chi connectivity index (χ3v) is 2.45. The van der Waals surface area contributed by atoms with E-state index < -0.39 is 17.8 Å². The second-order valence-electron chi connectivity index (χ2n) is 3.78. The van der Waals surface area contributed by atoms with Crippen LogP contribution in [-0.4, -0.2) is 15.2 Å². The Kier molecular flexibility index (Phi) is 3.22. The molecule has 0 aliphatic heterocycles. The Bertz CT molecular complexity index is 507. The molecule has 1 aromatic heterocycles. The number of aromatic amines is 1. The second-order valence-corrected chi connectivity index (χ2v) is 3.78. The number of alkyl halides is 3. The molecule has 0 amide bonds. The van der Waals surface area contributed by atoms with Crippen molar-refractivity contribution in [2.24, 2.45) is 0 Å². The van der Waals surface area contributed by atoms with E-state index in [9.17, 15) is 13.2 Å². The van der Waals surface area contributed by atoms with Crippen molar-refractivity contribution in [1.82, 2.24) is 15.2 Å². The molecule has 0 saturated carbocycles. The fraction of sp³-hybridized carbons (Fsp3) is 0.273. The first-order valence-electron chi connectivity index (χ1n) is 5.26. The van der Waals surface area contributed by atoms with Crippen LogP contribution in [-0.2, 0) is 6.18 Å². The van der Waals surface area contributed by atoms with E-state index in [4.69, 9.17) is 0 Å². The van der Waals surface area contributed by atoms with Gasteiger partial charge in [0.2, 0.25) is 0 Å². The van der Waals surface area contributed by atoms with Gasteiger partial charge in [0.15, 0.2) is 0 Å². The van der Waals surface area contributed by atoms with Crippen LogP contribution in [0.4, 0.5) is 18.9 Å². The van der Waals surface area contributed by atoms with Crippen LogP contribution in [0.5, 0.6) is 0 Å². The van der Waals surface area contributed by atoms with Crippen molar-refractivity contribution in [2.45, 2.75) is 19.1 Å². The molecular weight excluding hydrogens is 245 g/mol. The monoisotopic (exact) mass is 256 g/mol. The number of benzene rings is 1. The summed E-state index contributed by atoms with van der Waals surface area (Å²) in [4.78, 5) is 3.89. The van der Waals surface area contributed by atoms with Gasteiger partial charge in [-0.1, -0.05) is 12.1 Å². The lowest BCUT2D eigenvalue weighted by Gasteiger charge is -2.17. The molecule has 0 aliphatic rings. The van der Waals surface area contributed by atoms with Crippen LogP contribution in [0, 0.1) is 0 Å². The van der Waals surface area contributed by atoms with Gasteiger partial charge in [-0.3, -0.25) is 5.10 Å². The minimum Gasteiger partial charge on any atom is -0.375 e. The topological polar surface area (TPSA) is 53.6 Å². The molecule has 18 heavy (non-hydrogen) atoms. The molecule has 1 heterocycles. The number of para-hydroxylation sites is 1. The summed E-state index contributed by atoms with van der Waals surface area (Å²) in [6.45, 7) is 1.70. The van der Waals surface area contributed by atoms with E-state index in [0.29, 0.717) is 5.82 Å². The Morgan fingerprint density at radius 3 is 2.61 bits per heavy atom. The lowest BCUT2D eigenvalue weighted by Crippen LogP contribution is -2.14. The van der Waals surface area contributed by atoms with Gasteiger partial charge in [0.1, 0.15) is 12.2 Å². The maximum absolute atomic E-state index is 12.8. The summed E-state index contributed by atoms with van der Waals surface area (Å²) in [5.74, 6) is 0.479. The zero-order valence-corrected chi connectivity index (χ0v) is 9.49. The normalized spacial score (nSPS) is 13.3. The van der Waals surface area contributed by atoms with Crippen molar-refractivity contribution in [3.63, 3.8) is 0 Å². The van der Waals surface area contributed by atoms with Crippen LogP contribution in [0.15, 0.2) is 30.6 Å². The van der Waals surface area contributed by atoms with E-state index in [0.717, 1.165) is 6.07 Å². The molecule has 7 heteroatoms. The highest BCUT2D eigenvalue weighted by Crippen LogP contribution is 2.35. The molecule has 1 aromatic carbocycles. The lowest BCUT2D eigenvalue weighted by molar-refractivity contribution is -0.137. The molecular formula is C11H11F3N4. The standard InChI is InChI=1S/C11H11F3N4/c1-7(10-15-6-16-18-10)17-9-5-3-2-4-8(9)11(12,13)14/h2-7,17H,1H3,(H,15,16,18). The number of halogens is 3. The van der Waals surface area contributed by atoms with Crippen LogP contribution in [0.1, 0.15) is 24.4 Å². The van der Waals surface area contributed by atoms with Gasteiger partial charge >= 0.3 is 6.18 Å². The molecule has 2 aromatic rings. The Labute approximate surface area is 101 Å². The molecule has 1 atom stereocenters. The molecule has 0 spiro atoms. The molecule has 0 aliphatic carbocycles. The summed E-state index contributed by atoms with van der Waals surface area (Å²) in [5.41, 5.74) is -0.676. The fourth-order valence-electron chi connectivity index (χ4n) is 1.58. The SMILES string of the molecule is CC(Nc1ccccc1C(F)(F)F)c1ncn[nH]1. The maximum atomic E-state index is 12.8. The Morgan fingerprint density at radius 2 is 2.00 bits per heavy atom. The molecule has 1 unspecified atom stereocenters. The number of nitrogens with zero attached hydrogens (tertiary/aromatic N) is 2. The number of hydrogen-bond donors (Lipinski definition) is 2. The highest BCUT2D eigenvalue weighted by molar-refractivity contribution is 5.53. The first kappa shape index (κ1) is 12.4. The Morgan fingerprint density at radius 1 is 1.28 bits per heavy atom. The average Bonchev–Trinajstić information content (AvgIpc) is 2.81. The second kappa shape index (κ2) is 4.67. The summed E-state index contributed by atoms with van der Waals surface area (Å²) in [5, 5.41) is 9.03. The molecule has 0 bridgehead atoms. The van der Waals surface area contributed by atoms with E-state index in [1.54, 1.807) is 13.0 Å². The van der Waals surface area contributed by atoms with Crippen LogP contribution < -0.4 is 5.32 Å². The smallest absolute Gasteiger partial charge is 0.375 e. The molecule has 4 nitrogen and oxygen atoms in total. The minimum absolute atomic E-state index is 0.0221. The van der Waals surface area contributed by atoms with Gasteiger partial charge < -0.3 is 5.32 Å². The van der Waals surface area contributed by atoms with Crippen LogP contribution in [0.2, 0.25) is 0 Å². The first-order chi connectivity index (χ1) is 8.48. The highest BCUT2D eigenvalue weighted by Gasteiger charge is 2.33. The van der Waals surface area contributed by atoms with Crippen molar-refractivity contribution >= 4 is 5.69 Å². The zero-order chi connectivity index (χ0) is 13.2. The number of anilines is 1. The van der Waals surface area contributed by atoms with E-state index in [1.165, 1.54) is 18.5 Å². The summed E-state index contributed by atoms with van der Waals surface area (Å²) < 4.78 is 38.3. The molecule has 0 saturated heterocycles. The quantitative estimate of drug-likeness (QED) is 0.887. The third kappa shape index (κ3) is 2.61. The van der Waals surface area contributed by atoms with Crippen LogP contribution in [0.25, 0.3) is 0 Å². The lowest BCUT2D eigenvalue weighted by atomic mass is 10.1. The van der Waals surface area contributed by atoms with Gasteiger partial charge in [0.25, 0.3) is 0 Å². The summed E-state index contributed by atoms with van der Waals surface area (Å²) in [6.07, 6.45) is -3.08. The van der Waals surface area contributed by atoms with E-state index in [1.807, 2.05) is 0 Å². The number of aromatic nitrogens is 3. The largest absolute Gasteiger partial charge is 0.418 e. The van der Waals surface area contributed by atoms with E-state index in [-0.39, 0.29) is 5.69 Å². The zero-order valence-electron chi connectivity index (χ0n) is 9.49. The number of nitrogens with one attached hydrogen (secondary N) is 2. The van der Waals surface area contributed by atoms with E-state index >= 15 is 0 Å². The number of H-pyrrole nitrogens is 1. The predicted molar refractivity (Wildman–Crippen MR) is 59.9 cm³/mol. The van der Waals surface area contributed by atoms with Gasteiger partial charge in [-0.2, -0.15) is 18.3 Å². The summed E-state index contributed by atoms with van der Waals surface area (Å²) in [7, 11) is 0. The van der Waals surface area contributed by atoms with Crippen molar-refractivity contribution in [2.75, 3.05) is 5.32 Å². The average molecular weight is 256 g/mol. The number of hydrogen-bond acceptors (Lipinski definition) is 3. The summed E-state index contributed by atoms with van der Waals surface area (Å²) in [6, 6.07) is 4.93. The van der Waals surface area contributed by atoms with Gasteiger partial charge in [-0.05, 0) is 19.1 Å². The van der Waals surface area contributed by atoms with Crippen molar-refractivity contribution in [3.05, 3.63) is 42.0 Å². The van der Waals surface area contributed by atoms with Crippen LogP contribution in [0.3, 0.4) is 0 Å². The highest BCUT2D eigenvalue weighted by atomic mass is 19.4. The molecule has 2 N–H and O–H groups in total. The Balaban J connectivity index is 2.24. The minimum atomic E-state index is -4.38. The predicted octanol–water partition coefficient (Wildman–Crippen LogP) is 3.00. The first-order valence-corrected chi connectivity index (χ1v) is 5.26. The fourth-order valence-corrected chi connectivity index (χ4v) is 1.58.